The van der Waals surface area contributed by atoms with Crippen molar-refractivity contribution in [2.24, 2.45) is 5.73 Å². The van der Waals surface area contributed by atoms with Gasteiger partial charge in [-0.05, 0) is 37.8 Å². The topological polar surface area (TPSA) is 110 Å². The summed E-state index contributed by atoms with van der Waals surface area (Å²) in [5, 5.41) is 17.9. The van der Waals surface area contributed by atoms with Crippen molar-refractivity contribution in [3.05, 3.63) is 39.3 Å². The number of aliphatic carboxylic acids is 1. The lowest BCUT2D eigenvalue weighted by Gasteiger charge is -2.17. The van der Waals surface area contributed by atoms with Crippen molar-refractivity contribution in [1.29, 1.82) is 0 Å². The maximum atomic E-state index is 12.2. The van der Waals surface area contributed by atoms with Crippen LogP contribution in [-0.4, -0.2) is 32.8 Å². The fraction of sp³-hybridized carbons (Fsp3) is 0.400. The van der Waals surface area contributed by atoms with E-state index in [0.717, 1.165) is 17.0 Å². The van der Waals surface area contributed by atoms with Gasteiger partial charge in [0.15, 0.2) is 6.04 Å². The minimum absolute atomic E-state index is 0.198. The molecule has 4 N–H and O–H groups in total. The average Bonchev–Trinajstić information content (AvgIpc) is 3.10. The highest BCUT2D eigenvalue weighted by Crippen LogP contribution is 2.19. The van der Waals surface area contributed by atoms with E-state index in [1.54, 1.807) is 22.2 Å². The highest BCUT2D eigenvalue weighted by atomic mass is 32.1. The van der Waals surface area contributed by atoms with Gasteiger partial charge in [-0.2, -0.15) is 5.10 Å². The minimum Gasteiger partial charge on any atom is -0.479 e. The molecule has 0 bridgehead atoms. The number of hydrogen-bond acceptors (Lipinski definition) is 5. The largest absolute Gasteiger partial charge is 0.479 e. The molecule has 0 aliphatic rings. The second-order valence-corrected chi connectivity index (χ2v) is 6.36. The quantitative estimate of drug-likeness (QED) is 0.732. The molecule has 0 saturated carbocycles. The molecule has 0 saturated heterocycles. The molecular weight excluding hydrogens is 316 g/mol. The number of carboxylic acids is 1. The Morgan fingerprint density at radius 2 is 2.13 bits per heavy atom. The van der Waals surface area contributed by atoms with Crippen molar-refractivity contribution in [2.75, 3.05) is 0 Å². The van der Waals surface area contributed by atoms with Crippen LogP contribution in [-0.2, 0) is 16.1 Å². The van der Waals surface area contributed by atoms with E-state index in [-0.39, 0.29) is 6.54 Å². The molecule has 0 aliphatic carbocycles. The molecule has 2 heterocycles. The van der Waals surface area contributed by atoms with Crippen molar-refractivity contribution in [3.8, 4) is 0 Å². The zero-order valence-corrected chi connectivity index (χ0v) is 14.1. The first kappa shape index (κ1) is 17.2. The lowest BCUT2D eigenvalue weighted by atomic mass is 10.2. The Morgan fingerprint density at radius 1 is 1.43 bits per heavy atom. The van der Waals surface area contributed by atoms with Crippen LogP contribution in [0, 0.1) is 20.8 Å². The van der Waals surface area contributed by atoms with E-state index in [1.165, 1.54) is 11.3 Å². The molecule has 2 atom stereocenters. The number of hydrogen-bond donors (Lipinski definition) is 3. The van der Waals surface area contributed by atoms with E-state index in [4.69, 9.17) is 5.73 Å². The van der Waals surface area contributed by atoms with Crippen LogP contribution in [0.4, 0.5) is 0 Å². The first-order chi connectivity index (χ1) is 10.8. The normalized spacial score (nSPS) is 13.6. The molecule has 2 unspecified atom stereocenters. The molecule has 0 aliphatic heterocycles. The number of carbonyl (C=O) groups excluding carboxylic acids is 1. The molecule has 2 aromatic rings. The zero-order valence-electron chi connectivity index (χ0n) is 13.2. The minimum atomic E-state index is -1.12. The van der Waals surface area contributed by atoms with Crippen LogP contribution in [0.25, 0.3) is 0 Å². The molecule has 2 rings (SSSR count). The predicted octanol–water partition coefficient (Wildman–Crippen LogP) is 1.14. The van der Waals surface area contributed by atoms with E-state index in [9.17, 15) is 14.7 Å². The maximum absolute atomic E-state index is 12.2. The monoisotopic (exact) mass is 336 g/mol. The summed E-state index contributed by atoms with van der Waals surface area (Å²) in [5.41, 5.74) is 8.80. The maximum Gasteiger partial charge on any atom is 0.331 e. The van der Waals surface area contributed by atoms with Gasteiger partial charge >= 0.3 is 5.97 Å². The van der Waals surface area contributed by atoms with Crippen molar-refractivity contribution < 1.29 is 14.7 Å². The zero-order chi connectivity index (χ0) is 17.1. The van der Waals surface area contributed by atoms with Gasteiger partial charge in [-0.25, -0.2) is 4.79 Å². The second kappa shape index (κ2) is 6.93. The smallest absolute Gasteiger partial charge is 0.331 e. The van der Waals surface area contributed by atoms with Gasteiger partial charge < -0.3 is 16.2 Å². The number of carbonyl (C=O) groups is 2. The van der Waals surface area contributed by atoms with Crippen molar-refractivity contribution in [1.82, 2.24) is 15.1 Å². The Hall–Kier alpha value is -2.19. The Morgan fingerprint density at radius 3 is 2.61 bits per heavy atom. The number of carboxylic acid groups (broad SMARTS) is 1. The summed E-state index contributed by atoms with van der Waals surface area (Å²) in [6, 6.07) is 1.44. The van der Waals surface area contributed by atoms with E-state index in [1.807, 2.05) is 20.8 Å². The second-order valence-electron chi connectivity index (χ2n) is 5.38. The summed E-state index contributed by atoms with van der Waals surface area (Å²) < 4.78 is 1.68. The number of nitrogens with zero attached hydrogens (tertiary/aromatic N) is 2. The SMILES string of the molecule is Cc1nn(CC(N)C(=O)NC(C(=O)O)c2cccs2)c(C)c1C. The number of nitrogens with two attached hydrogens (primary N) is 1. The molecule has 8 heteroatoms. The highest BCUT2D eigenvalue weighted by molar-refractivity contribution is 7.10. The van der Waals surface area contributed by atoms with Crippen molar-refractivity contribution in [2.45, 2.75) is 39.4 Å². The lowest BCUT2D eigenvalue weighted by molar-refractivity contribution is -0.142. The van der Waals surface area contributed by atoms with Gasteiger partial charge in [-0.1, -0.05) is 6.07 Å². The van der Waals surface area contributed by atoms with Crippen LogP contribution in [0.5, 0.6) is 0 Å². The van der Waals surface area contributed by atoms with Gasteiger partial charge in [0.1, 0.15) is 6.04 Å². The van der Waals surface area contributed by atoms with Crippen LogP contribution in [0.3, 0.4) is 0 Å². The standard InChI is InChI=1S/C15H20N4O3S/c1-8-9(2)18-19(10(8)3)7-11(16)14(20)17-13(15(21)22)12-5-4-6-23-12/h4-6,11,13H,7,16H2,1-3H3,(H,17,20)(H,21,22). The summed E-state index contributed by atoms with van der Waals surface area (Å²) in [6.45, 7) is 5.95. The summed E-state index contributed by atoms with van der Waals surface area (Å²) in [6.07, 6.45) is 0. The Balaban J connectivity index is 2.07. The molecule has 7 nitrogen and oxygen atoms in total. The number of thiophene rings is 1. The molecular formula is C15H20N4O3S. The average molecular weight is 336 g/mol. The van der Waals surface area contributed by atoms with Crippen LogP contribution in [0.2, 0.25) is 0 Å². The number of aryl methyl sites for hydroxylation is 1. The van der Waals surface area contributed by atoms with Gasteiger partial charge in [-0.3, -0.25) is 9.48 Å². The molecule has 0 radical (unpaired) electrons. The van der Waals surface area contributed by atoms with Crippen LogP contribution in [0.15, 0.2) is 17.5 Å². The fourth-order valence-corrected chi connectivity index (χ4v) is 2.96. The first-order valence-electron chi connectivity index (χ1n) is 7.14. The Bertz CT molecular complexity index is 709. The molecule has 124 valence electrons. The lowest BCUT2D eigenvalue weighted by Crippen LogP contribution is -2.46. The Kier molecular flexibility index (Phi) is 5.17. The van der Waals surface area contributed by atoms with E-state index in [0.29, 0.717) is 4.88 Å². The molecule has 0 aromatic carbocycles. The third-order valence-corrected chi connectivity index (χ3v) is 4.75. The summed E-state index contributed by atoms with van der Waals surface area (Å²) >= 11 is 1.27. The summed E-state index contributed by atoms with van der Waals surface area (Å²) in [7, 11) is 0. The van der Waals surface area contributed by atoms with Crippen molar-refractivity contribution >= 4 is 23.2 Å². The van der Waals surface area contributed by atoms with E-state index < -0.39 is 24.0 Å². The van der Waals surface area contributed by atoms with Crippen LogP contribution >= 0.6 is 11.3 Å². The van der Waals surface area contributed by atoms with Crippen LogP contribution in [0.1, 0.15) is 27.9 Å². The molecule has 0 spiro atoms. The molecule has 23 heavy (non-hydrogen) atoms. The van der Waals surface area contributed by atoms with Crippen LogP contribution < -0.4 is 11.1 Å². The number of aromatic nitrogens is 2. The first-order valence-corrected chi connectivity index (χ1v) is 8.02. The molecule has 1 amide bonds. The van der Waals surface area contributed by atoms with Gasteiger partial charge in [0, 0.05) is 10.6 Å². The molecule has 0 fully saturated rings. The third-order valence-electron chi connectivity index (χ3n) is 3.81. The van der Waals surface area contributed by atoms with E-state index in [2.05, 4.69) is 10.4 Å². The van der Waals surface area contributed by atoms with Gasteiger partial charge in [0.05, 0.1) is 12.2 Å². The third kappa shape index (κ3) is 3.77. The number of rotatable bonds is 6. The fourth-order valence-electron chi connectivity index (χ4n) is 2.19. The molecule has 2 aromatic heterocycles. The van der Waals surface area contributed by atoms with Gasteiger partial charge in [-0.15, -0.1) is 11.3 Å². The summed E-state index contributed by atoms with van der Waals surface area (Å²) in [4.78, 5) is 24.1. The van der Waals surface area contributed by atoms with E-state index >= 15 is 0 Å². The highest BCUT2D eigenvalue weighted by Gasteiger charge is 2.26. The summed E-state index contributed by atoms with van der Waals surface area (Å²) in [5.74, 6) is -1.63. The van der Waals surface area contributed by atoms with Crippen molar-refractivity contribution in [3.63, 3.8) is 0 Å². The number of nitrogens with one attached hydrogen (secondary N) is 1. The van der Waals surface area contributed by atoms with Gasteiger partial charge in [0.25, 0.3) is 0 Å². The predicted molar refractivity (Wildman–Crippen MR) is 87.3 cm³/mol. The Labute approximate surface area is 138 Å². The number of amides is 1. The van der Waals surface area contributed by atoms with Gasteiger partial charge in [0.2, 0.25) is 5.91 Å².